The Morgan fingerprint density at radius 1 is 1.15 bits per heavy atom. The Morgan fingerprint density at radius 3 is 2.59 bits per heavy atom. The van der Waals surface area contributed by atoms with Crippen molar-refractivity contribution >= 4 is 0 Å². The fourth-order valence-corrected chi connectivity index (χ4v) is 3.34. The van der Waals surface area contributed by atoms with Crippen molar-refractivity contribution in [3.63, 3.8) is 0 Å². The summed E-state index contributed by atoms with van der Waals surface area (Å²) in [4.78, 5) is 31.2. The number of hydrogen-bond donors (Lipinski definition) is 1. The highest BCUT2D eigenvalue weighted by molar-refractivity contribution is 5.53. The number of hydrogen-bond acceptors (Lipinski definition) is 5. The molecule has 0 bridgehead atoms. The largest absolute Gasteiger partial charge is 0.310 e. The third-order valence-corrected chi connectivity index (χ3v) is 4.86. The second-order valence-electron chi connectivity index (χ2n) is 7.27. The number of fused-ring (bicyclic) bond motifs is 1. The smallest absolute Gasteiger partial charge is 0.255 e. The molecule has 3 heterocycles. The van der Waals surface area contributed by atoms with Crippen molar-refractivity contribution < 1.29 is 0 Å². The molecule has 27 heavy (non-hydrogen) atoms. The molecule has 6 nitrogen and oxygen atoms in total. The van der Waals surface area contributed by atoms with Gasteiger partial charge in [0.2, 0.25) is 0 Å². The molecule has 0 amide bonds. The molecular formula is C21H23N5O. The Balaban J connectivity index is 1.48. The van der Waals surface area contributed by atoms with Crippen molar-refractivity contribution in [2.75, 3.05) is 6.54 Å². The van der Waals surface area contributed by atoms with E-state index < -0.39 is 0 Å². The maximum Gasteiger partial charge on any atom is 0.255 e. The van der Waals surface area contributed by atoms with Crippen LogP contribution in [0.4, 0.5) is 0 Å². The molecule has 0 saturated carbocycles. The predicted molar refractivity (Wildman–Crippen MR) is 104 cm³/mol. The molecule has 6 heteroatoms. The minimum Gasteiger partial charge on any atom is -0.310 e. The lowest BCUT2D eigenvalue weighted by molar-refractivity contribution is 0.241. The average Bonchev–Trinajstić information content (AvgIpc) is 2.69. The second kappa shape index (κ2) is 7.40. The molecule has 1 aromatic carbocycles. The topological polar surface area (TPSA) is 74.8 Å². The van der Waals surface area contributed by atoms with Crippen LogP contribution in [-0.4, -0.2) is 31.4 Å². The summed E-state index contributed by atoms with van der Waals surface area (Å²) in [5.74, 6) is 1.73. The second-order valence-corrected chi connectivity index (χ2v) is 7.27. The van der Waals surface area contributed by atoms with Gasteiger partial charge in [-0.15, -0.1) is 0 Å². The highest BCUT2D eigenvalue weighted by Crippen LogP contribution is 2.19. The summed E-state index contributed by atoms with van der Waals surface area (Å²) in [7, 11) is 0. The molecular weight excluding hydrogens is 338 g/mol. The van der Waals surface area contributed by atoms with Crippen LogP contribution in [0.25, 0.3) is 11.4 Å². The van der Waals surface area contributed by atoms with E-state index in [-0.39, 0.29) is 11.5 Å². The first kappa shape index (κ1) is 17.5. The van der Waals surface area contributed by atoms with E-state index in [1.54, 1.807) is 0 Å². The molecule has 0 spiro atoms. The van der Waals surface area contributed by atoms with E-state index in [1.165, 1.54) is 0 Å². The minimum atomic E-state index is -0.0101. The molecule has 0 fully saturated rings. The van der Waals surface area contributed by atoms with Gasteiger partial charge in [-0.25, -0.2) is 15.0 Å². The molecule has 0 aliphatic carbocycles. The summed E-state index contributed by atoms with van der Waals surface area (Å²) >= 11 is 0. The molecule has 0 unspecified atom stereocenters. The number of aromatic nitrogens is 4. The van der Waals surface area contributed by atoms with Gasteiger partial charge in [-0.1, -0.05) is 44.2 Å². The predicted octanol–water partition coefficient (Wildman–Crippen LogP) is 2.91. The summed E-state index contributed by atoms with van der Waals surface area (Å²) < 4.78 is 0. The van der Waals surface area contributed by atoms with Gasteiger partial charge < -0.3 is 4.98 Å². The summed E-state index contributed by atoms with van der Waals surface area (Å²) in [6, 6.07) is 9.94. The maximum absolute atomic E-state index is 12.4. The third kappa shape index (κ3) is 3.80. The average molecular weight is 361 g/mol. The number of rotatable bonds is 4. The van der Waals surface area contributed by atoms with Crippen molar-refractivity contribution in [2.45, 2.75) is 39.3 Å². The van der Waals surface area contributed by atoms with Crippen LogP contribution in [0.15, 0.2) is 47.5 Å². The van der Waals surface area contributed by atoms with Crippen molar-refractivity contribution in [3.05, 3.63) is 75.7 Å². The van der Waals surface area contributed by atoms with Gasteiger partial charge in [-0.3, -0.25) is 9.69 Å². The van der Waals surface area contributed by atoms with Crippen molar-refractivity contribution in [1.29, 1.82) is 0 Å². The van der Waals surface area contributed by atoms with Crippen molar-refractivity contribution in [1.82, 2.24) is 24.8 Å². The van der Waals surface area contributed by atoms with Crippen molar-refractivity contribution in [3.8, 4) is 11.4 Å². The van der Waals surface area contributed by atoms with E-state index >= 15 is 0 Å². The van der Waals surface area contributed by atoms with E-state index in [0.717, 1.165) is 53.5 Å². The zero-order valence-electron chi connectivity index (χ0n) is 15.6. The van der Waals surface area contributed by atoms with E-state index in [4.69, 9.17) is 0 Å². The summed E-state index contributed by atoms with van der Waals surface area (Å²) in [5, 5.41) is 0. The first-order chi connectivity index (χ1) is 13.1. The maximum atomic E-state index is 12.4. The normalized spacial score (nSPS) is 14.3. The van der Waals surface area contributed by atoms with Crippen molar-refractivity contribution in [2.24, 2.45) is 0 Å². The van der Waals surface area contributed by atoms with Crippen LogP contribution in [0.3, 0.4) is 0 Å². The number of aromatic amines is 1. The van der Waals surface area contributed by atoms with Crippen LogP contribution in [0, 0.1) is 0 Å². The van der Waals surface area contributed by atoms with E-state index in [0.29, 0.717) is 6.54 Å². The van der Waals surface area contributed by atoms with Crippen LogP contribution in [0.5, 0.6) is 0 Å². The fraction of sp³-hybridized carbons (Fsp3) is 0.333. The first-order valence-corrected chi connectivity index (χ1v) is 9.31. The first-order valence-electron chi connectivity index (χ1n) is 9.31. The lowest BCUT2D eigenvalue weighted by atomic mass is 10.1. The molecule has 138 valence electrons. The number of benzene rings is 1. The highest BCUT2D eigenvalue weighted by Gasteiger charge is 2.22. The highest BCUT2D eigenvalue weighted by atomic mass is 16.1. The minimum absolute atomic E-state index is 0.0101. The van der Waals surface area contributed by atoms with Crippen LogP contribution < -0.4 is 5.56 Å². The van der Waals surface area contributed by atoms with Gasteiger partial charge in [0.1, 0.15) is 5.82 Å². The zero-order valence-corrected chi connectivity index (χ0v) is 15.6. The molecule has 4 rings (SSSR count). The Hall–Kier alpha value is -2.86. The number of nitrogens with zero attached hydrogens (tertiary/aromatic N) is 4. The van der Waals surface area contributed by atoms with Gasteiger partial charge in [-0.05, 0) is 0 Å². The Bertz CT molecular complexity index is 980. The standard InChI is InChI=1S/C21H23N5O/c1-14(2)19-24-18-8-9-26(13-17(18)21(27)25-19)12-15-10-22-20(23-11-15)16-6-4-3-5-7-16/h3-7,10-11,14H,8-9,12-13H2,1-2H3,(H,24,25,27). The van der Waals surface area contributed by atoms with Gasteiger partial charge in [0.25, 0.3) is 5.56 Å². The quantitative estimate of drug-likeness (QED) is 0.773. The van der Waals surface area contributed by atoms with Gasteiger partial charge in [0.05, 0.1) is 11.3 Å². The molecule has 2 aromatic heterocycles. The van der Waals surface area contributed by atoms with E-state index in [9.17, 15) is 4.79 Å². The van der Waals surface area contributed by atoms with E-state index in [1.807, 2.05) is 56.6 Å². The SMILES string of the molecule is CC(C)c1nc2c(c(=O)[nH]1)CN(Cc1cnc(-c3ccccc3)nc1)CC2. The van der Waals surface area contributed by atoms with Crippen LogP contribution >= 0.6 is 0 Å². The number of nitrogens with one attached hydrogen (secondary N) is 1. The van der Waals surface area contributed by atoms with Gasteiger partial charge in [0, 0.05) is 55.5 Å². The lowest BCUT2D eigenvalue weighted by Gasteiger charge is -2.27. The monoisotopic (exact) mass is 361 g/mol. The van der Waals surface area contributed by atoms with Crippen LogP contribution in [0.1, 0.15) is 42.4 Å². The summed E-state index contributed by atoms with van der Waals surface area (Å²) in [5.41, 5.74) is 3.77. The Labute approximate surface area is 158 Å². The molecule has 0 saturated heterocycles. The molecule has 0 atom stereocenters. The molecule has 3 aromatic rings. The summed E-state index contributed by atoms with van der Waals surface area (Å²) in [6.45, 7) is 6.29. The molecule has 1 N–H and O–H groups in total. The molecule has 0 radical (unpaired) electrons. The molecule has 1 aliphatic heterocycles. The van der Waals surface area contributed by atoms with Gasteiger partial charge >= 0.3 is 0 Å². The van der Waals surface area contributed by atoms with E-state index in [2.05, 4.69) is 24.8 Å². The van der Waals surface area contributed by atoms with Crippen LogP contribution in [-0.2, 0) is 19.5 Å². The Kier molecular flexibility index (Phi) is 4.81. The Morgan fingerprint density at radius 2 is 1.89 bits per heavy atom. The number of H-pyrrole nitrogens is 1. The fourth-order valence-electron chi connectivity index (χ4n) is 3.34. The summed E-state index contributed by atoms with van der Waals surface area (Å²) in [6.07, 6.45) is 4.53. The van der Waals surface area contributed by atoms with Gasteiger partial charge in [0.15, 0.2) is 5.82 Å². The lowest BCUT2D eigenvalue weighted by Crippen LogP contribution is -2.36. The zero-order chi connectivity index (χ0) is 18.8. The molecule has 1 aliphatic rings. The van der Waals surface area contributed by atoms with Gasteiger partial charge in [-0.2, -0.15) is 0 Å². The van der Waals surface area contributed by atoms with Crippen LogP contribution in [0.2, 0.25) is 0 Å². The third-order valence-electron chi connectivity index (χ3n) is 4.86.